The van der Waals surface area contributed by atoms with E-state index in [-0.39, 0.29) is 10.8 Å². The van der Waals surface area contributed by atoms with E-state index in [4.69, 9.17) is 5.84 Å². The van der Waals surface area contributed by atoms with Crippen LogP contribution in [-0.4, -0.2) is 32.6 Å². The first-order valence-corrected chi connectivity index (χ1v) is 6.95. The van der Waals surface area contributed by atoms with Gasteiger partial charge >= 0.3 is 0 Å². The summed E-state index contributed by atoms with van der Waals surface area (Å²) in [4.78, 5) is 11.8. The third kappa shape index (κ3) is 3.28. The molecule has 0 saturated carbocycles. The van der Waals surface area contributed by atoms with Gasteiger partial charge in [0.1, 0.15) is 0 Å². The maximum absolute atomic E-state index is 11.6. The molecule has 1 rings (SSSR count). The molecule has 2 N–H and O–H groups in total. The molecule has 0 spiro atoms. The Hall–Kier alpha value is -1.40. The molecule has 94 valence electrons. The average Bonchev–Trinajstić information content (AvgIpc) is 2.26. The van der Waals surface area contributed by atoms with Gasteiger partial charge in [-0.2, -0.15) is 0 Å². The Morgan fingerprint density at radius 3 is 2.12 bits per heavy atom. The number of nitrogens with zero attached hydrogens (tertiary/aromatic N) is 1. The molecule has 0 aliphatic carbocycles. The molecule has 5 nitrogen and oxygen atoms in total. The number of rotatable bonds is 3. The zero-order valence-corrected chi connectivity index (χ0v) is 10.9. The summed E-state index contributed by atoms with van der Waals surface area (Å²) in [5, 5.41) is 1.02. The lowest BCUT2D eigenvalue weighted by molar-refractivity contribution is -0.131. The highest BCUT2D eigenvalue weighted by atomic mass is 32.2. The number of hydrazine groups is 1. The van der Waals surface area contributed by atoms with Crippen LogP contribution >= 0.6 is 0 Å². The number of carbonyl (C=O) groups is 1. The van der Waals surface area contributed by atoms with E-state index in [9.17, 15) is 13.2 Å². The molecule has 0 radical (unpaired) electrons. The van der Waals surface area contributed by atoms with Gasteiger partial charge in [-0.05, 0) is 24.6 Å². The van der Waals surface area contributed by atoms with E-state index in [1.54, 1.807) is 19.1 Å². The van der Waals surface area contributed by atoms with Gasteiger partial charge in [-0.25, -0.2) is 14.3 Å². The highest BCUT2D eigenvalue weighted by Crippen LogP contribution is 2.19. The molecule has 1 atom stereocenters. The van der Waals surface area contributed by atoms with Crippen LogP contribution in [0.5, 0.6) is 0 Å². The van der Waals surface area contributed by atoms with Gasteiger partial charge in [0.25, 0.3) is 0 Å². The molecule has 0 aliphatic rings. The minimum atomic E-state index is -3.20. The number of nitrogens with two attached hydrogens (primary N) is 1. The molecule has 1 aromatic carbocycles. The third-order valence-corrected chi connectivity index (χ3v) is 3.65. The minimum absolute atomic E-state index is 0.225. The quantitative estimate of drug-likeness (QED) is 0.486. The van der Waals surface area contributed by atoms with Gasteiger partial charge < -0.3 is 0 Å². The molecule has 0 heterocycles. The normalized spacial score (nSPS) is 13.2. The van der Waals surface area contributed by atoms with Crippen molar-refractivity contribution in [2.75, 3.05) is 13.3 Å². The highest BCUT2D eigenvalue weighted by molar-refractivity contribution is 7.90. The van der Waals surface area contributed by atoms with Crippen LogP contribution in [0.1, 0.15) is 18.4 Å². The molecule has 1 aromatic rings. The number of sulfone groups is 1. The third-order valence-electron chi connectivity index (χ3n) is 2.53. The monoisotopic (exact) mass is 256 g/mol. The van der Waals surface area contributed by atoms with Gasteiger partial charge in [0.05, 0.1) is 10.8 Å². The maximum Gasteiger partial charge on any atom is 0.243 e. The summed E-state index contributed by atoms with van der Waals surface area (Å²) in [6.45, 7) is 1.72. The second kappa shape index (κ2) is 4.85. The number of amides is 1. The van der Waals surface area contributed by atoms with E-state index in [0.717, 1.165) is 16.8 Å². The Morgan fingerprint density at radius 1 is 1.29 bits per heavy atom. The molecule has 0 fully saturated rings. The zero-order valence-electron chi connectivity index (χ0n) is 10.0. The van der Waals surface area contributed by atoms with Crippen LogP contribution < -0.4 is 5.84 Å². The van der Waals surface area contributed by atoms with E-state index < -0.39 is 15.8 Å². The van der Waals surface area contributed by atoms with Crippen LogP contribution in [0.4, 0.5) is 0 Å². The summed E-state index contributed by atoms with van der Waals surface area (Å²) in [5.74, 6) is 4.75. The second-order valence-corrected chi connectivity index (χ2v) is 6.03. The summed E-state index contributed by atoms with van der Waals surface area (Å²) >= 11 is 0. The molecule has 6 heteroatoms. The first kappa shape index (κ1) is 13.7. The van der Waals surface area contributed by atoms with Crippen molar-refractivity contribution in [2.24, 2.45) is 5.84 Å². The van der Waals surface area contributed by atoms with Gasteiger partial charge in [-0.3, -0.25) is 9.80 Å². The van der Waals surface area contributed by atoms with Crippen LogP contribution in [0.3, 0.4) is 0 Å². The van der Waals surface area contributed by atoms with Crippen LogP contribution in [-0.2, 0) is 14.6 Å². The van der Waals surface area contributed by atoms with Gasteiger partial charge in [-0.1, -0.05) is 12.1 Å². The Morgan fingerprint density at radius 2 is 1.76 bits per heavy atom. The predicted octanol–water partition coefficient (Wildman–Crippen LogP) is 0.526. The smallest absolute Gasteiger partial charge is 0.243 e. The Bertz CT molecular complexity index is 506. The zero-order chi connectivity index (χ0) is 13.2. The molecule has 0 bridgehead atoms. The van der Waals surface area contributed by atoms with E-state index in [2.05, 4.69) is 0 Å². The summed E-state index contributed by atoms with van der Waals surface area (Å²) < 4.78 is 22.5. The van der Waals surface area contributed by atoms with Crippen molar-refractivity contribution in [1.82, 2.24) is 5.01 Å². The van der Waals surface area contributed by atoms with E-state index >= 15 is 0 Å². The predicted molar refractivity (Wildman–Crippen MR) is 64.9 cm³/mol. The number of hydrogen-bond acceptors (Lipinski definition) is 4. The largest absolute Gasteiger partial charge is 0.283 e. The van der Waals surface area contributed by atoms with Gasteiger partial charge in [-0.15, -0.1) is 0 Å². The molecule has 0 saturated heterocycles. The summed E-state index contributed by atoms with van der Waals surface area (Å²) in [7, 11) is -1.73. The fourth-order valence-electron chi connectivity index (χ4n) is 1.45. The second-order valence-electron chi connectivity index (χ2n) is 4.01. The van der Waals surface area contributed by atoms with Gasteiger partial charge in [0.15, 0.2) is 9.84 Å². The summed E-state index contributed by atoms with van der Waals surface area (Å²) in [5.41, 5.74) is 0.736. The standard InChI is InChI=1S/C11H16N2O3S/c1-8(11(14)13(2)12)9-4-6-10(7-5-9)17(3,15)16/h4-8H,12H2,1-3H3. The lowest BCUT2D eigenvalue weighted by Gasteiger charge is -2.16. The van der Waals surface area contributed by atoms with Crippen LogP contribution in [0.15, 0.2) is 29.2 Å². The Labute approximate surface area is 101 Å². The van der Waals surface area contributed by atoms with Crippen molar-refractivity contribution in [3.8, 4) is 0 Å². The molecule has 17 heavy (non-hydrogen) atoms. The van der Waals surface area contributed by atoms with Crippen molar-refractivity contribution in [1.29, 1.82) is 0 Å². The van der Waals surface area contributed by atoms with Crippen LogP contribution in [0.25, 0.3) is 0 Å². The summed E-state index contributed by atoms with van der Waals surface area (Å²) in [6, 6.07) is 6.24. The van der Waals surface area contributed by atoms with Crippen molar-refractivity contribution in [3.63, 3.8) is 0 Å². The lowest BCUT2D eigenvalue weighted by atomic mass is 10.0. The van der Waals surface area contributed by atoms with Crippen LogP contribution in [0, 0.1) is 0 Å². The lowest BCUT2D eigenvalue weighted by Crippen LogP contribution is -2.36. The van der Waals surface area contributed by atoms with Crippen molar-refractivity contribution >= 4 is 15.7 Å². The van der Waals surface area contributed by atoms with E-state index in [1.165, 1.54) is 19.2 Å². The van der Waals surface area contributed by atoms with E-state index in [0.29, 0.717) is 0 Å². The highest BCUT2D eigenvalue weighted by Gasteiger charge is 2.18. The van der Waals surface area contributed by atoms with Crippen molar-refractivity contribution in [3.05, 3.63) is 29.8 Å². The number of carbonyl (C=O) groups excluding carboxylic acids is 1. The van der Waals surface area contributed by atoms with E-state index in [1.807, 2.05) is 0 Å². The van der Waals surface area contributed by atoms with Crippen LogP contribution in [0.2, 0.25) is 0 Å². The number of hydrogen-bond donors (Lipinski definition) is 1. The number of likely N-dealkylation sites (N-methyl/N-ethyl adjacent to an activating group) is 1. The van der Waals surface area contributed by atoms with Crippen molar-refractivity contribution < 1.29 is 13.2 Å². The molecular formula is C11H16N2O3S. The maximum atomic E-state index is 11.6. The Kier molecular flexibility index (Phi) is 3.90. The topological polar surface area (TPSA) is 80.5 Å². The van der Waals surface area contributed by atoms with Gasteiger partial charge in [0, 0.05) is 13.3 Å². The Balaban J connectivity index is 3.00. The summed E-state index contributed by atoms with van der Waals surface area (Å²) in [6.07, 6.45) is 1.14. The molecule has 0 aromatic heterocycles. The SMILES string of the molecule is CC(C(=O)N(C)N)c1ccc(S(C)(=O)=O)cc1. The molecule has 0 aliphatic heterocycles. The fourth-order valence-corrected chi connectivity index (χ4v) is 2.08. The minimum Gasteiger partial charge on any atom is -0.283 e. The fraction of sp³-hybridized carbons (Fsp3) is 0.364. The van der Waals surface area contributed by atoms with Crippen molar-refractivity contribution in [2.45, 2.75) is 17.7 Å². The first-order chi connectivity index (χ1) is 7.73. The van der Waals surface area contributed by atoms with Gasteiger partial charge in [0.2, 0.25) is 5.91 Å². The molecule has 1 amide bonds. The molecular weight excluding hydrogens is 240 g/mol. The molecule has 1 unspecified atom stereocenters. The first-order valence-electron chi connectivity index (χ1n) is 5.05. The number of benzene rings is 1. The average molecular weight is 256 g/mol.